The third-order valence-electron chi connectivity index (χ3n) is 3.06. The molecule has 116 valence electrons. The van der Waals surface area contributed by atoms with E-state index in [9.17, 15) is 13.6 Å². The van der Waals surface area contributed by atoms with Gasteiger partial charge >= 0.3 is 6.61 Å². The third kappa shape index (κ3) is 4.43. The van der Waals surface area contributed by atoms with Gasteiger partial charge in [-0.05, 0) is 48.9 Å². The molecule has 22 heavy (non-hydrogen) atoms. The molecule has 0 spiro atoms. The van der Waals surface area contributed by atoms with Gasteiger partial charge in [0, 0.05) is 10.6 Å². The summed E-state index contributed by atoms with van der Waals surface area (Å²) in [5, 5.41) is 3.44. The summed E-state index contributed by atoms with van der Waals surface area (Å²) in [6.07, 6.45) is 0. The van der Waals surface area contributed by atoms with Gasteiger partial charge in [-0.2, -0.15) is 8.78 Å². The zero-order valence-corrected chi connectivity index (χ0v) is 12.5. The molecule has 2 aromatic carbocycles. The van der Waals surface area contributed by atoms with Crippen LogP contribution in [0.1, 0.15) is 28.9 Å². The SMILES string of the molecule is C[C@H](NC(=O)c1ccc(OC(F)F)cc1)c1ccc(Cl)cc1. The van der Waals surface area contributed by atoms with Crippen LogP contribution in [0.15, 0.2) is 48.5 Å². The number of hydrogen-bond donors (Lipinski definition) is 1. The van der Waals surface area contributed by atoms with Crippen molar-refractivity contribution >= 4 is 17.5 Å². The lowest BCUT2D eigenvalue weighted by Gasteiger charge is -2.14. The highest BCUT2D eigenvalue weighted by Gasteiger charge is 2.12. The number of alkyl halides is 2. The molecular weight excluding hydrogens is 312 g/mol. The summed E-state index contributed by atoms with van der Waals surface area (Å²) in [5.41, 5.74) is 1.28. The summed E-state index contributed by atoms with van der Waals surface area (Å²) in [4.78, 5) is 12.1. The molecule has 0 fully saturated rings. The minimum absolute atomic E-state index is 0.0114. The molecule has 0 radical (unpaired) electrons. The second kappa shape index (κ2) is 7.22. The number of amides is 1. The maximum atomic E-state index is 12.1. The van der Waals surface area contributed by atoms with Crippen molar-refractivity contribution in [2.24, 2.45) is 0 Å². The van der Waals surface area contributed by atoms with E-state index >= 15 is 0 Å². The van der Waals surface area contributed by atoms with E-state index in [4.69, 9.17) is 11.6 Å². The Morgan fingerprint density at radius 3 is 2.23 bits per heavy atom. The van der Waals surface area contributed by atoms with Gasteiger partial charge in [0.05, 0.1) is 6.04 Å². The first kappa shape index (κ1) is 16.2. The first-order chi connectivity index (χ1) is 10.5. The standard InChI is InChI=1S/C16H14ClF2NO2/c1-10(11-2-6-13(17)7-3-11)20-15(21)12-4-8-14(9-5-12)22-16(18)19/h2-10,16H,1H3,(H,20,21)/t10-/m0/s1. The monoisotopic (exact) mass is 325 g/mol. The molecule has 0 aliphatic carbocycles. The fourth-order valence-electron chi connectivity index (χ4n) is 1.90. The van der Waals surface area contributed by atoms with E-state index in [0.29, 0.717) is 10.6 Å². The predicted molar refractivity (Wildman–Crippen MR) is 80.4 cm³/mol. The molecule has 0 aliphatic heterocycles. The van der Waals surface area contributed by atoms with Crippen LogP contribution in [-0.4, -0.2) is 12.5 Å². The summed E-state index contributed by atoms with van der Waals surface area (Å²) >= 11 is 5.82. The van der Waals surface area contributed by atoms with Gasteiger partial charge in [-0.3, -0.25) is 4.79 Å². The van der Waals surface area contributed by atoms with Gasteiger partial charge in [-0.1, -0.05) is 23.7 Å². The van der Waals surface area contributed by atoms with Crippen molar-refractivity contribution in [3.63, 3.8) is 0 Å². The number of carbonyl (C=O) groups excluding carboxylic acids is 1. The number of carbonyl (C=O) groups is 1. The number of hydrogen-bond acceptors (Lipinski definition) is 2. The zero-order chi connectivity index (χ0) is 16.1. The number of ether oxygens (including phenoxy) is 1. The summed E-state index contributed by atoms with van der Waals surface area (Å²) in [7, 11) is 0. The van der Waals surface area contributed by atoms with Crippen molar-refractivity contribution in [1.82, 2.24) is 5.32 Å². The largest absolute Gasteiger partial charge is 0.435 e. The first-order valence-corrected chi connectivity index (χ1v) is 6.94. The lowest BCUT2D eigenvalue weighted by Crippen LogP contribution is -2.26. The van der Waals surface area contributed by atoms with Gasteiger partial charge in [-0.15, -0.1) is 0 Å². The molecule has 3 nitrogen and oxygen atoms in total. The lowest BCUT2D eigenvalue weighted by atomic mass is 10.1. The quantitative estimate of drug-likeness (QED) is 0.883. The minimum atomic E-state index is -2.88. The van der Waals surface area contributed by atoms with Gasteiger partial charge in [-0.25, -0.2) is 0 Å². The Balaban J connectivity index is 2.00. The predicted octanol–water partition coefficient (Wildman–Crippen LogP) is 4.43. The van der Waals surface area contributed by atoms with Crippen molar-refractivity contribution in [2.75, 3.05) is 0 Å². The van der Waals surface area contributed by atoms with Crippen molar-refractivity contribution in [2.45, 2.75) is 19.6 Å². The molecule has 0 saturated heterocycles. The lowest BCUT2D eigenvalue weighted by molar-refractivity contribution is -0.0498. The summed E-state index contributed by atoms with van der Waals surface area (Å²) < 4.78 is 28.3. The van der Waals surface area contributed by atoms with Crippen LogP contribution in [-0.2, 0) is 0 Å². The minimum Gasteiger partial charge on any atom is -0.435 e. The number of rotatable bonds is 5. The van der Waals surface area contributed by atoms with Crippen molar-refractivity contribution in [3.05, 3.63) is 64.7 Å². The zero-order valence-electron chi connectivity index (χ0n) is 11.7. The average molecular weight is 326 g/mol. The van der Waals surface area contributed by atoms with Gasteiger partial charge in [0.1, 0.15) is 5.75 Å². The Morgan fingerprint density at radius 2 is 1.68 bits per heavy atom. The van der Waals surface area contributed by atoms with Crippen LogP contribution >= 0.6 is 11.6 Å². The molecule has 0 unspecified atom stereocenters. The molecule has 6 heteroatoms. The molecule has 0 aromatic heterocycles. The van der Waals surface area contributed by atoms with Crippen LogP contribution in [0, 0.1) is 0 Å². The molecule has 0 aliphatic rings. The summed E-state index contributed by atoms with van der Waals surface area (Å²) in [6.45, 7) is -1.04. The van der Waals surface area contributed by atoms with E-state index in [0.717, 1.165) is 5.56 Å². The Morgan fingerprint density at radius 1 is 1.09 bits per heavy atom. The molecule has 2 aromatic rings. The van der Waals surface area contributed by atoms with E-state index in [1.54, 1.807) is 12.1 Å². The van der Waals surface area contributed by atoms with Gasteiger partial charge < -0.3 is 10.1 Å². The first-order valence-electron chi connectivity index (χ1n) is 6.57. The molecule has 2 rings (SSSR count). The van der Waals surface area contributed by atoms with Gasteiger partial charge in [0.2, 0.25) is 0 Å². The van der Waals surface area contributed by atoms with Crippen molar-refractivity contribution in [1.29, 1.82) is 0 Å². The van der Waals surface area contributed by atoms with Crippen molar-refractivity contribution in [3.8, 4) is 5.75 Å². The Kier molecular flexibility index (Phi) is 5.33. The molecule has 1 atom stereocenters. The van der Waals surface area contributed by atoms with Crippen LogP contribution in [0.4, 0.5) is 8.78 Å². The van der Waals surface area contributed by atoms with E-state index in [-0.39, 0.29) is 17.7 Å². The Hall–Kier alpha value is -2.14. The molecule has 0 heterocycles. The maximum Gasteiger partial charge on any atom is 0.387 e. The fraction of sp³-hybridized carbons (Fsp3) is 0.188. The molecular formula is C16H14ClF2NO2. The fourth-order valence-corrected chi connectivity index (χ4v) is 2.03. The smallest absolute Gasteiger partial charge is 0.387 e. The number of nitrogens with one attached hydrogen (secondary N) is 1. The maximum absolute atomic E-state index is 12.1. The topological polar surface area (TPSA) is 38.3 Å². The summed E-state index contributed by atoms with van der Waals surface area (Å²) in [5.74, 6) is -0.289. The van der Waals surface area contributed by atoms with Gasteiger partial charge in [0.15, 0.2) is 0 Å². The van der Waals surface area contributed by atoms with E-state index in [2.05, 4.69) is 10.1 Å². The van der Waals surface area contributed by atoms with E-state index < -0.39 is 6.61 Å². The van der Waals surface area contributed by atoms with E-state index in [1.807, 2.05) is 19.1 Å². The second-order valence-electron chi connectivity index (χ2n) is 4.65. The normalized spacial score (nSPS) is 12.0. The molecule has 1 amide bonds. The van der Waals surface area contributed by atoms with Crippen LogP contribution in [0.2, 0.25) is 5.02 Å². The highest BCUT2D eigenvalue weighted by molar-refractivity contribution is 6.30. The van der Waals surface area contributed by atoms with Crippen molar-refractivity contribution < 1.29 is 18.3 Å². The van der Waals surface area contributed by atoms with Crippen LogP contribution in [0.5, 0.6) is 5.75 Å². The Bertz CT molecular complexity index is 630. The number of halogens is 3. The second-order valence-corrected chi connectivity index (χ2v) is 5.09. The van der Waals surface area contributed by atoms with Crippen LogP contribution in [0.3, 0.4) is 0 Å². The highest BCUT2D eigenvalue weighted by atomic mass is 35.5. The highest BCUT2D eigenvalue weighted by Crippen LogP contribution is 2.18. The third-order valence-corrected chi connectivity index (χ3v) is 3.31. The number of benzene rings is 2. The van der Waals surface area contributed by atoms with Gasteiger partial charge in [0.25, 0.3) is 5.91 Å². The molecule has 0 bridgehead atoms. The Labute approximate surface area is 131 Å². The molecule has 1 N–H and O–H groups in total. The van der Waals surface area contributed by atoms with Crippen LogP contribution < -0.4 is 10.1 Å². The molecule has 0 saturated carbocycles. The van der Waals surface area contributed by atoms with E-state index in [1.165, 1.54) is 24.3 Å². The summed E-state index contributed by atoms with van der Waals surface area (Å²) in [6, 6.07) is 12.5. The van der Waals surface area contributed by atoms with Crippen LogP contribution in [0.25, 0.3) is 0 Å². The average Bonchev–Trinajstić information content (AvgIpc) is 2.48.